The molecule has 0 saturated heterocycles. The molecule has 0 bridgehead atoms. The van der Waals surface area contributed by atoms with Gasteiger partial charge in [-0.25, -0.2) is 14.4 Å². The van der Waals surface area contributed by atoms with Crippen LogP contribution in [0.25, 0.3) is 22.5 Å². The normalized spacial score (nSPS) is 10.5. The monoisotopic (exact) mass is 310 g/mol. The van der Waals surface area contributed by atoms with Gasteiger partial charge in [-0.3, -0.25) is 10.1 Å². The van der Waals surface area contributed by atoms with E-state index in [-0.39, 0.29) is 11.6 Å². The van der Waals surface area contributed by atoms with Crippen LogP contribution in [0.1, 0.15) is 0 Å². The van der Waals surface area contributed by atoms with Crippen molar-refractivity contribution in [3.8, 4) is 22.5 Å². The fourth-order valence-electron chi connectivity index (χ4n) is 2.17. The van der Waals surface area contributed by atoms with Crippen molar-refractivity contribution < 1.29 is 9.31 Å². The number of anilines is 1. The second kappa shape index (κ2) is 5.80. The number of nitrogen functional groups attached to an aromatic ring is 1. The summed E-state index contributed by atoms with van der Waals surface area (Å²) in [4.78, 5) is 18.4. The Morgan fingerprint density at radius 1 is 1.00 bits per heavy atom. The first-order chi connectivity index (χ1) is 11.0. The minimum Gasteiger partial charge on any atom is -0.368 e. The number of benzene rings is 2. The first kappa shape index (κ1) is 14.6. The maximum absolute atomic E-state index is 13.9. The standard InChI is InChI=1S/C16H11FN4O2/c17-13-4-2-1-3-12(13)15-9-14(19-16(18)20-15)10-5-7-11(8-6-10)21(22)23/h1-9H,(H2,18,19,20). The maximum Gasteiger partial charge on any atom is 0.269 e. The molecule has 0 unspecified atom stereocenters. The van der Waals surface area contributed by atoms with E-state index in [9.17, 15) is 14.5 Å². The molecule has 3 aromatic rings. The molecule has 2 aromatic carbocycles. The van der Waals surface area contributed by atoms with Crippen LogP contribution in [-0.2, 0) is 0 Å². The molecule has 1 aromatic heterocycles. The van der Waals surface area contributed by atoms with Crippen molar-refractivity contribution in [2.75, 3.05) is 5.73 Å². The van der Waals surface area contributed by atoms with Crippen LogP contribution < -0.4 is 5.73 Å². The highest BCUT2D eigenvalue weighted by Crippen LogP contribution is 2.27. The fourth-order valence-corrected chi connectivity index (χ4v) is 2.17. The smallest absolute Gasteiger partial charge is 0.269 e. The van der Waals surface area contributed by atoms with Gasteiger partial charge >= 0.3 is 0 Å². The zero-order valence-corrected chi connectivity index (χ0v) is 11.8. The summed E-state index contributed by atoms with van der Waals surface area (Å²) in [5.41, 5.74) is 7.44. The van der Waals surface area contributed by atoms with Gasteiger partial charge in [0.2, 0.25) is 5.95 Å². The van der Waals surface area contributed by atoms with Gasteiger partial charge in [0, 0.05) is 23.3 Å². The van der Waals surface area contributed by atoms with Crippen molar-refractivity contribution in [1.82, 2.24) is 9.97 Å². The molecule has 0 amide bonds. The predicted octanol–water partition coefficient (Wildman–Crippen LogP) is 3.44. The number of non-ortho nitro benzene ring substituents is 1. The number of hydrogen-bond donors (Lipinski definition) is 1. The molecule has 114 valence electrons. The Morgan fingerprint density at radius 3 is 2.30 bits per heavy atom. The lowest BCUT2D eigenvalue weighted by Crippen LogP contribution is -1.99. The van der Waals surface area contributed by atoms with Crippen molar-refractivity contribution in [1.29, 1.82) is 0 Å². The van der Waals surface area contributed by atoms with Gasteiger partial charge in [0.1, 0.15) is 5.82 Å². The average molecular weight is 310 g/mol. The fraction of sp³-hybridized carbons (Fsp3) is 0. The molecule has 0 aliphatic rings. The molecule has 7 heteroatoms. The van der Waals surface area contributed by atoms with E-state index < -0.39 is 10.7 Å². The number of aromatic nitrogens is 2. The zero-order chi connectivity index (χ0) is 16.4. The molecule has 23 heavy (non-hydrogen) atoms. The molecule has 0 fully saturated rings. The summed E-state index contributed by atoms with van der Waals surface area (Å²) >= 11 is 0. The molecule has 0 spiro atoms. The van der Waals surface area contributed by atoms with Crippen LogP contribution in [0.15, 0.2) is 54.6 Å². The van der Waals surface area contributed by atoms with Crippen molar-refractivity contribution >= 4 is 11.6 Å². The predicted molar refractivity (Wildman–Crippen MR) is 83.9 cm³/mol. The van der Waals surface area contributed by atoms with Crippen molar-refractivity contribution in [2.45, 2.75) is 0 Å². The number of nitrogens with two attached hydrogens (primary N) is 1. The van der Waals surface area contributed by atoms with Crippen LogP contribution in [-0.4, -0.2) is 14.9 Å². The molecule has 0 aliphatic heterocycles. The summed E-state index contributed by atoms with van der Waals surface area (Å²) < 4.78 is 13.9. The molecule has 0 saturated carbocycles. The van der Waals surface area contributed by atoms with Gasteiger partial charge in [-0.05, 0) is 30.3 Å². The Labute approximate surface area is 130 Å². The van der Waals surface area contributed by atoms with E-state index >= 15 is 0 Å². The van der Waals surface area contributed by atoms with Gasteiger partial charge in [0.05, 0.1) is 16.3 Å². The van der Waals surface area contributed by atoms with Crippen LogP contribution in [0, 0.1) is 15.9 Å². The quantitative estimate of drug-likeness (QED) is 0.590. The zero-order valence-electron chi connectivity index (χ0n) is 11.8. The van der Waals surface area contributed by atoms with Gasteiger partial charge in [-0.2, -0.15) is 0 Å². The van der Waals surface area contributed by atoms with Crippen molar-refractivity contribution in [3.05, 3.63) is 70.5 Å². The summed E-state index contributed by atoms with van der Waals surface area (Å²) in [5, 5.41) is 10.7. The van der Waals surface area contributed by atoms with Gasteiger partial charge in [0.25, 0.3) is 5.69 Å². The largest absolute Gasteiger partial charge is 0.368 e. The highest BCUT2D eigenvalue weighted by molar-refractivity contribution is 5.70. The number of halogens is 1. The minimum absolute atomic E-state index is 0.000828. The topological polar surface area (TPSA) is 94.9 Å². The Balaban J connectivity index is 2.07. The molecule has 6 nitrogen and oxygen atoms in total. The lowest BCUT2D eigenvalue weighted by molar-refractivity contribution is -0.384. The van der Waals surface area contributed by atoms with E-state index in [1.165, 1.54) is 18.2 Å². The van der Waals surface area contributed by atoms with E-state index in [4.69, 9.17) is 5.73 Å². The van der Waals surface area contributed by atoms with Gasteiger partial charge < -0.3 is 5.73 Å². The minimum atomic E-state index is -0.483. The highest BCUT2D eigenvalue weighted by Gasteiger charge is 2.11. The molecule has 0 aliphatic carbocycles. The van der Waals surface area contributed by atoms with E-state index in [2.05, 4.69) is 9.97 Å². The Morgan fingerprint density at radius 2 is 1.65 bits per heavy atom. The number of nitro benzene ring substituents is 1. The van der Waals surface area contributed by atoms with Crippen LogP contribution in [0.3, 0.4) is 0 Å². The van der Waals surface area contributed by atoms with Gasteiger partial charge in [-0.1, -0.05) is 12.1 Å². The second-order valence-corrected chi connectivity index (χ2v) is 4.78. The molecule has 0 radical (unpaired) electrons. The molecule has 2 N–H and O–H groups in total. The van der Waals surface area contributed by atoms with E-state index in [0.29, 0.717) is 22.5 Å². The number of hydrogen-bond acceptors (Lipinski definition) is 5. The van der Waals surface area contributed by atoms with E-state index in [1.54, 1.807) is 36.4 Å². The third kappa shape index (κ3) is 2.98. The maximum atomic E-state index is 13.9. The summed E-state index contributed by atoms with van der Waals surface area (Å²) in [7, 11) is 0. The van der Waals surface area contributed by atoms with Crippen LogP contribution in [0.2, 0.25) is 0 Å². The summed E-state index contributed by atoms with van der Waals surface area (Å²) in [5.74, 6) is -0.417. The Hall–Kier alpha value is -3.35. The first-order valence-electron chi connectivity index (χ1n) is 6.69. The third-order valence-corrected chi connectivity index (χ3v) is 3.27. The molecule has 1 heterocycles. The lowest BCUT2D eigenvalue weighted by Gasteiger charge is -2.07. The van der Waals surface area contributed by atoms with Crippen LogP contribution in [0.5, 0.6) is 0 Å². The van der Waals surface area contributed by atoms with Gasteiger partial charge in [0.15, 0.2) is 0 Å². The van der Waals surface area contributed by atoms with E-state index in [1.807, 2.05) is 0 Å². The first-order valence-corrected chi connectivity index (χ1v) is 6.69. The molecule has 0 atom stereocenters. The SMILES string of the molecule is Nc1nc(-c2ccc([N+](=O)[O-])cc2)cc(-c2ccccc2F)n1. The van der Waals surface area contributed by atoms with E-state index in [0.717, 1.165) is 0 Å². The lowest BCUT2D eigenvalue weighted by atomic mass is 10.1. The van der Waals surface area contributed by atoms with Crippen molar-refractivity contribution in [2.24, 2.45) is 0 Å². The summed E-state index contributed by atoms with van der Waals surface area (Å²) in [6, 6.07) is 13.7. The Kier molecular flexibility index (Phi) is 3.68. The summed E-state index contributed by atoms with van der Waals surface area (Å²) in [6.07, 6.45) is 0. The second-order valence-electron chi connectivity index (χ2n) is 4.78. The Bertz CT molecular complexity index is 882. The van der Waals surface area contributed by atoms with Gasteiger partial charge in [-0.15, -0.1) is 0 Å². The number of nitrogens with zero attached hydrogens (tertiary/aromatic N) is 3. The number of rotatable bonds is 3. The third-order valence-electron chi connectivity index (χ3n) is 3.27. The molecular weight excluding hydrogens is 299 g/mol. The van der Waals surface area contributed by atoms with Crippen molar-refractivity contribution in [3.63, 3.8) is 0 Å². The summed E-state index contributed by atoms with van der Waals surface area (Å²) in [6.45, 7) is 0. The average Bonchev–Trinajstić information content (AvgIpc) is 2.55. The van der Waals surface area contributed by atoms with Crippen LogP contribution >= 0.6 is 0 Å². The molecular formula is C16H11FN4O2. The highest BCUT2D eigenvalue weighted by atomic mass is 19.1. The molecule has 3 rings (SSSR count). The number of nitro groups is 1. The van der Waals surface area contributed by atoms with Crippen LogP contribution in [0.4, 0.5) is 16.0 Å².